The summed E-state index contributed by atoms with van der Waals surface area (Å²) in [5, 5.41) is 3.60. The third-order valence-corrected chi connectivity index (χ3v) is 4.31. The lowest BCUT2D eigenvalue weighted by molar-refractivity contribution is 0.594. The highest BCUT2D eigenvalue weighted by molar-refractivity contribution is 7.99. The van der Waals surface area contributed by atoms with E-state index in [0.717, 1.165) is 6.54 Å². The SMILES string of the molecule is CCSCC(C)NCc1cc(C)c(C)cc1C. The number of hydrogen-bond acceptors (Lipinski definition) is 2. The Balaban J connectivity index is 2.54. The van der Waals surface area contributed by atoms with Crippen LogP contribution in [0.3, 0.4) is 0 Å². The minimum Gasteiger partial charge on any atom is -0.309 e. The van der Waals surface area contributed by atoms with Gasteiger partial charge in [0.2, 0.25) is 0 Å². The molecule has 0 bridgehead atoms. The van der Waals surface area contributed by atoms with Crippen molar-refractivity contribution in [3.05, 3.63) is 34.4 Å². The maximum absolute atomic E-state index is 3.60. The minimum absolute atomic E-state index is 0.584. The molecule has 1 atom stereocenters. The van der Waals surface area contributed by atoms with E-state index in [-0.39, 0.29) is 0 Å². The molecule has 96 valence electrons. The van der Waals surface area contributed by atoms with Crippen LogP contribution in [-0.4, -0.2) is 17.5 Å². The summed E-state index contributed by atoms with van der Waals surface area (Å²) in [4.78, 5) is 0. The Kier molecular flexibility index (Phi) is 6.07. The van der Waals surface area contributed by atoms with Gasteiger partial charge in [0.25, 0.3) is 0 Å². The molecule has 0 aliphatic heterocycles. The first-order valence-corrected chi connectivity index (χ1v) is 7.58. The van der Waals surface area contributed by atoms with E-state index in [2.05, 4.69) is 52.1 Å². The van der Waals surface area contributed by atoms with Crippen molar-refractivity contribution in [3.8, 4) is 0 Å². The summed E-state index contributed by atoms with van der Waals surface area (Å²) < 4.78 is 0. The summed E-state index contributed by atoms with van der Waals surface area (Å²) in [6, 6.07) is 5.19. The van der Waals surface area contributed by atoms with Crippen LogP contribution in [0.15, 0.2) is 12.1 Å². The Morgan fingerprint density at radius 3 is 2.41 bits per heavy atom. The fourth-order valence-electron chi connectivity index (χ4n) is 1.85. The highest BCUT2D eigenvalue weighted by Crippen LogP contribution is 2.15. The Bertz CT molecular complexity index is 360. The number of benzene rings is 1. The second-order valence-electron chi connectivity index (χ2n) is 4.80. The zero-order valence-corrected chi connectivity index (χ0v) is 12.6. The Hall–Kier alpha value is -0.470. The fourth-order valence-corrected chi connectivity index (χ4v) is 2.56. The van der Waals surface area contributed by atoms with Crippen molar-refractivity contribution < 1.29 is 0 Å². The lowest BCUT2D eigenvalue weighted by Crippen LogP contribution is -2.28. The Morgan fingerprint density at radius 2 is 1.76 bits per heavy atom. The van der Waals surface area contributed by atoms with Crippen molar-refractivity contribution in [3.63, 3.8) is 0 Å². The van der Waals surface area contributed by atoms with Gasteiger partial charge in [-0.1, -0.05) is 19.1 Å². The van der Waals surface area contributed by atoms with Crippen LogP contribution in [0, 0.1) is 20.8 Å². The van der Waals surface area contributed by atoms with Crippen molar-refractivity contribution in [2.45, 2.75) is 47.2 Å². The van der Waals surface area contributed by atoms with Crippen LogP contribution in [-0.2, 0) is 6.54 Å². The van der Waals surface area contributed by atoms with Gasteiger partial charge in [-0.05, 0) is 55.7 Å². The molecular formula is C15H25NS. The third kappa shape index (κ3) is 4.72. The number of nitrogens with one attached hydrogen (secondary N) is 1. The molecule has 1 nitrogen and oxygen atoms in total. The summed E-state index contributed by atoms with van der Waals surface area (Å²) in [6.45, 7) is 12.0. The average Bonchev–Trinajstić information content (AvgIpc) is 2.29. The minimum atomic E-state index is 0.584. The Labute approximate surface area is 110 Å². The average molecular weight is 251 g/mol. The van der Waals surface area contributed by atoms with Gasteiger partial charge in [0.15, 0.2) is 0 Å². The zero-order chi connectivity index (χ0) is 12.8. The van der Waals surface area contributed by atoms with E-state index in [1.165, 1.54) is 33.8 Å². The van der Waals surface area contributed by atoms with E-state index in [1.807, 2.05) is 11.8 Å². The van der Waals surface area contributed by atoms with Gasteiger partial charge < -0.3 is 5.32 Å². The summed E-state index contributed by atoms with van der Waals surface area (Å²) in [7, 11) is 0. The molecule has 0 fully saturated rings. The molecule has 0 saturated carbocycles. The van der Waals surface area contributed by atoms with Gasteiger partial charge in [0.1, 0.15) is 0 Å². The van der Waals surface area contributed by atoms with Crippen LogP contribution < -0.4 is 5.32 Å². The molecule has 0 aliphatic rings. The topological polar surface area (TPSA) is 12.0 Å². The third-order valence-electron chi connectivity index (χ3n) is 3.17. The predicted octanol–water partition coefficient (Wildman–Crippen LogP) is 3.84. The van der Waals surface area contributed by atoms with Crippen molar-refractivity contribution in [2.75, 3.05) is 11.5 Å². The molecule has 0 spiro atoms. The molecule has 0 aromatic heterocycles. The van der Waals surface area contributed by atoms with Crippen LogP contribution >= 0.6 is 11.8 Å². The van der Waals surface area contributed by atoms with Crippen molar-refractivity contribution >= 4 is 11.8 Å². The monoisotopic (exact) mass is 251 g/mol. The predicted molar refractivity (Wildman–Crippen MR) is 80.0 cm³/mol. The summed E-state index contributed by atoms with van der Waals surface area (Å²) in [5.41, 5.74) is 5.61. The lowest BCUT2D eigenvalue weighted by atomic mass is 10.0. The van der Waals surface area contributed by atoms with E-state index in [1.54, 1.807) is 0 Å². The van der Waals surface area contributed by atoms with Gasteiger partial charge in [-0.3, -0.25) is 0 Å². The second-order valence-corrected chi connectivity index (χ2v) is 6.12. The maximum Gasteiger partial charge on any atom is 0.0211 e. The number of aryl methyl sites for hydroxylation is 3. The van der Waals surface area contributed by atoms with Crippen molar-refractivity contribution in [1.82, 2.24) is 5.32 Å². The molecular weight excluding hydrogens is 226 g/mol. The van der Waals surface area contributed by atoms with Crippen LogP contribution in [0.1, 0.15) is 36.1 Å². The standard InChI is InChI=1S/C15H25NS/c1-6-17-10-14(5)16-9-15-8-12(3)11(2)7-13(15)4/h7-8,14,16H,6,9-10H2,1-5H3. The van der Waals surface area contributed by atoms with Gasteiger partial charge in [0, 0.05) is 18.3 Å². The number of rotatable bonds is 6. The first-order valence-electron chi connectivity index (χ1n) is 6.42. The maximum atomic E-state index is 3.60. The van der Waals surface area contributed by atoms with E-state index in [4.69, 9.17) is 0 Å². The molecule has 1 aromatic rings. The highest BCUT2D eigenvalue weighted by Gasteiger charge is 2.04. The summed E-state index contributed by atoms with van der Waals surface area (Å²) in [6.07, 6.45) is 0. The van der Waals surface area contributed by atoms with Crippen LogP contribution in [0.5, 0.6) is 0 Å². The fraction of sp³-hybridized carbons (Fsp3) is 0.600. The van der Waals surface area contributed by atoms with Gasteiger partial charge in [-0.15, -0.1) is 0 Å². The van der Waals surface area contributed by atoms with Crippen LogP contribution in [0.25, 0.3) is 0 Å². The van der Waals surface area contributed by atoms with Crippen molar-refractivity contribution in [1.29, 1.82) is 0 Å². The number of hydrogen-bond donors (Lipinski definition) is 1. The van der Waals surface area contributed by atoms with E-state index in [9.17, 15) is 0 Å². The molecule has 0 aliphatic carbocycles. The highest BCUT2D eigenvalue weighted by atomic mass is 32.2. The molecule has 1 unspecified atom stereocenters. The molecule has 1 N–H and O–H groups in total. The molecule has 1 rings (SSSR count). The molecule has 2 heteroatoms. The molecule has 0 saturated heterocycles. The van der Waals surface area contributed by atoms with Crippen LogP contribution in [0.4, 0.5) is 0 Å². The van der Waals surface area contributed by atoms with Gasteiger partial charge in [-0.25, -0.2) is 0 Å². The summed E-state index contributed by atoms with van der Waals surface area (Å²) in [5.74, 6) is 2.40. The summed E-state index contributed by atoms with van der Waals surface area (Å²) >= 11 is 2.00. The molecule has 0 amide bonds. The largest absolute Gasteiger partial charge is 0.309 e. The molecule has 17 heavy (non-hydrogen) atoms. The van der Waals surface area contributed by atoms with Crippen LogP contribution in [0.2, 0.25) is 0 Å². The lowest BCUT2D eigenvalue weighted by Gasteiger charge is -2.15. The van der Waals surface area contributed by atoms with Crippen molar-refractivity contribution in [2.24, 2.45) is 0 Å². The first kappa shape index (κ1) is 14.6. The van der Waals surface area contributed by atoms with Gasteiger partial charge in [0.05, 0.1) is 0 Å². The van der Waals surface area contributed by atoms with E-state index >= 15 is 0 Å². The Morgan fingerprint density at radius 1 is 1.12 bits per heavy atom. The van der Waals surface area contributed by atoms with E-state index in [0.29, 0.717) is 6.04 Å². The number of thioether (sulfide) groups is 1. The van der Waals surface area contributed by atoms with Gasteiger partial charge >= 0.3 is 0 Å². The smallest absolute Gasteiger partial charge is 0.0211 e. The normalized spacial score (nSPS) is 12.8. The molecule has 1 aromatic carbocycles. The zero-order valence-electron chi connectivity index (χ0n) is 11.8. The van der Waals surface area contributed by atoms with E-state index < -0.39 is 0 Å². The second kappa shape index (κ2) is 7.07. The molecule has 0 heterocycles. The van der Waals surface area contributed by atoms with Gasteiger partial charge in [-0.2, -0.15) is 11.8 Å². The quantitative estimate of drug-likeness (QED) is 0.824. The first-order chi connectivity index (χ1) is 8.04. The molecule has 0 radical (unpaired) electrons.